The molecule has 0 spiro atoms. The van der Waals surface area contributed by atoms with Crippen LogP contribution in [0.1, 0.15) is 115 Å². The van der Waals surface area contributed by atoms with Crippen molar-refractivity contribution in [3.63, 3.8) is 0 Å². The lowest BCUT2D eigenvalue weighted by atomic mass is 9.74. The van der Waals surface area contributed by atoms with E-state index in [9.17, 15) is 4.39 Å². The molecule has 0 radical (unpaired) electrons. The van der Waals surface area contributed by atoms with Crippen molar-refractivity contribution in [2.24, 2.45) is 17.8 Å². The van der Waals surface area contributed by atoms with Gasteiger partial charge in [-0.2, -0.15) is 0 Å². The van der Waals surface area contributed by atoms with Crippen LogP contribution in [0.5, 0.6) is 5.75 Å². The molecule has 0 bridgehead atoms. The minimum absolute atomic E-state index is 0.239. The van der Waals surface area contributed by atoms with Gasteiger partial charge in [0.25, 0.3) is 0 Å². The molecule has 0 aliphatic heterocycles. The summed E-state index contributed by atoms with van der Waals surface area (Å²) in [5, 5.41) is 1.66. The number of hydrogen-bond acceptors (Lipinski definition) is 1. The summed E-state index contributed by atoms with van der Waals surface area (Å²) in [6.07, 6.45) is 23.7. The van der Waals surface area contributed by atoms with Crippen LogP contribution < -0.4 is 4.74 Å². The van der Waals surface area contributed by atoms with E-state index in [1.807, 2.05) is 31.2 Å². The molecule has 0 saturated heterocycles. The van der Waals surface area contributed by atoms with Crippen LogP contribution in [0.4, 0.5) is 4.39 Å². The molecule has 2 aliphatic rings. The van der Waals surface area contributed by atoms with Gasteiger partial charge in [0.2, 0.25) is 0 Å². The number of allylic oxidation sites excluding steroid dienone is 1. The number of fused-ring (bicyclic) bond motifs is 1. The number of hydrogen-bond donors (Lipinski definition) is 0. The highest BCUT2D eigenvalue weighted by molar-refractivity contribution is 5.85. The molecule has 0 aromatic heterocycles. The minimum Gasteiger partial charge on any atom is -0.486 e. The van der Waals surface area contributed by atoms with Crippen molar-refractivity contribution in [3.05, 3.63) is 53.9 Å². The van der Waals surface area contributed by atoms with E-state index in [1.54, 1.807) is 6.07 Å². The lowest BCUT2D eigenvalue weighted by Gasteiger charge is -2.32. The van der Waals surface area contributed by atoms with Gasteiger partial charge in [-0.1, -0.05) is 108 Å². The number of halogens is 1. The third kappa shape index (κ3) is 7.34. The number of rotatable bonds is 11. The van der Waals surface area contributed by atoms with E-state index in [0.29, 0.717) is 23.7 Å². The largest absolute Gasteiger partial charge is 0.486 e. The average molecular weight is 479 g/mol. The zero-order chi connectivity index (χ0) is 24.5. The normalized spacial score (nSPS) is 25.3. The average Bonchev–Trinajstić information content (AvgIpc) is 2.90. The van der Waals surface area contributed by atoms with E-state index >= 15 is 0 Å². The van der Waals surface area contributed by atoms with Gasteiger partial charge in [-0.15, -0.1) is 0 Å². The zero-order valence-corrected chi connectivity index (χ0v) is 22.2. The number of ether oxygens (including phenoxy) is 1. The van der Waals surface area contributed by atoms with Crippen molar-refractivity contribution in [3.8, 4) is 5.75 Å². The maximum absolute atomic E-state index is 14.9. The second-order valence-corrected chi connectivity index (χ2v) is 11.4. The molecule has 0 unspecified atom stereocenters. The molecule has 35 heavy (non-hydrogen) atoms. The van der Waals surface area contributed by atoms with Gasteiger partial charge in [-0.05, 0) is 73.3 Å². The van der Waals surface area contributed by atoms with Crippen LogP contribution in [-0.4, -0.2) is 6.61 Å². The summed E-state index contributed by atoms with van der Waals surface area (Å²) in [5.74, 6) is 3.68. The number of unbranched alkanes of at least 4 members (excludes halogenated alkanes) is 2. The maximum Gasteiger partial charge on any atom is 0.172 e. The molecule has 2 aromatic carbocycles. The van der Waals surface area contributed by atoms with E-state index in [0.717, 1.165) is 23.1 Å². The summed E-state index contributed by atoms with van der Waals surface area (Å²) in [5.41, 5.74) is 1.39. The van der Waals surface area contributed by atoms with Gasteiger partial charge in [0.1, 0.15) is 6.61 Å². The summed E-state index contributed by atoms with van der Waals surface area (Å²) >= 11 is 0. The first-order chi connectivity index (χ1) is 17.2. The first kappa shape index (κ1) is 26.2. The van der Waals surface area contributed by atoms with Crippen molar-refractivity contribution in [2.75, 3.05) is 6.61 Å². The Kier molecular flexibility index (Phi) is 10.1. The summed E-state index contributed by atoms with van der Waals surface area (Å²) in [6.45, 7) is 4.66. The quantitative estimate of drug-likeness (QED) is 0.230. The van der Waals surface area contributed by atoms with Crippen molar-refractivity contribution in [1.29, 1.82) is 0 Å². The molecule has 0 atom stereocenters. The number of benzene rings is 2. The van der Waals surface area contributed by atoms with Gasteiger partial charge in [0.15, 0.2) is 11.6 Å². The smallest absolute Gasteiger partial charge is 0.172 e. The maximum atomic E-state index is 14.9. The topological polar surface area (TPSA) is 9.23 Å². The fourth-order valence-corrected chi connectivity index (χ4v) is 6.64. The van der Waals surface area contributed by atoms with E-state index < -0.39 is 0 Å². The molecule has 192 valence electrons. The molecule has 0 heterocycles. The monoisotopic (exact) mass is 478 g/mol. The standard InChI is InChI=1S/C33H47FO/c1-3-5-7-8-25-9-11-26(12-10-25)13-14-27-15-17-28(18-16-27)29-19-21-31-30(24-29)20-22-32(33(31)34)35-23-6-4-2/h4,6,19-22,24-28H,3,5,7-18,23H2,1-2H3. The highest BCUT2D eigenvalue weighted by atomic mass is 19.1. The molecule has 0 N–H and O–H groups in total. The Morgan fingerprint density at radius 3 is 2.14 bits per heavy atom. The van der Waals surface area contributed by atoms with E-state index in [1.165, 1.54) is 95.5 Å². The first-order valence-corrected chi connectivity index (χ1v) is 14.6. The first-order valence-electron chi connectivity index (χ1n) is 14.6. The molecule has 0 amide bonds. The third-order valence-electron chi connectivity index (χ3n) is 9.00. The van der Waals surface area contributed by atoms with Gasteiger partial charge >= 0.3 is 0 Å². The SMILES string of the molecule is CC=CCOc1ccc2cc(C3CCC(CCC4CCC(CCCCC)CC4)CC3)ccc2c1F. The fourth-order valence-electron chi connectivity index (χ4n) is 6.64. The van der Waals surface area contributed by atoms with Crippen molar-refractivity contribution >= 4 is 10.8 Å². The third-order valence-corrected chi connectivity index (χ3v) is 9.00. The zero-order valence-electron chi connectivity index (χ0n) is 22.2. The second kappa shape index (κ2) is 13.5. The Hall–Kier alpha value is -1.83. The molecule has 2 aromatic rings. The molecular formula is C33H47FO. The van der Waals surface area contributed by atoms with Gasteiger partial charge in [-0.3, -0.25) is 0 Å². The lowest BCUT2D eigenvalue weighted by molar-refractivity contribution is 0.222. The predicted octanol–water partition coefficient (Wildman–Crippen LogP) is 10.4. The predicted molar refractivity (Wildman–Crippen MR) is 148 cm³/mol. The lowest BCUT2D eigenvalue weighted by Crippen LogP contribution is -2.17. The Morgan fingerprint density at radius 1 is 0.829 bits per heavy atom. The second-order valence-electron chi connectivity index (χ2n) is 11.4. The molecule has 2 saturated carbocycles. The van der Waals surface area contributed by atoms with Gasteiger partial charge in [0, 0.05) is 5.39 Å². The minimum atomic E-state index is -0.239. The van der Waals surface area contributed by atoms with Crippen LogP contribution in [0.15, 0.2) is 42.5 Å². The molecule has 2 heteroatoms. The van der Waals surface area contributed by atoms with Gasteiger partial charge in [-0.25, -0.2) is 4.39 Å². The highest BCUT2D eigenvalue weighted by Gasteiger charge is 2.25. The Labute approximate surface area is 213 Å². The van der Waals surface area contributed by atoms with Crippen molar-refractivity contribution in [2.45, 2.75) is 110 Å². The Balaban J connectivity index is 1.22. The van der Waals surface area contributed by atoms with Crippen LogP contribution in [0.2, 0.25) is 0 Å². The Bertz CT molecular complexity index is 932. The summed E-state index contributed by atoms with van der Waals surface area (Å²) < 4.78 is 20.5. The molecular weight excluding hydrogens is 431 g/mol. The van der Waals surface area contributed by atoms with Gasteiger partial charge in [0.05, 0.1) is 0 Å². The van der Waals surface area contributed by atoms with Crippen LogP contribution in [0, 0.1) is 23.6 Å². The van der Waals surface area contributed by atoms with E-state index in [2.05, 4.69) is 19.1 Å². The van der Waals surface area contributed by atoms with Crippen LogP contribution in [0.25, 0.3) is 10.8 Å². The van der Waals surface area contributed by atoms with Crippen molar-refractivity contribution in [1.82, 2.24) is 0 Å². The van der Waals surface area contributed by atoms with E-state index in [4.69, 9.17) is 4.74 Å². The summed E-state index contributed by atoms with van der Waals surface area (Å²) in [7, 11) is 0. The molecule has 2 fully saturated rings. The van der Waals surface area contributed by atoms with Crippen LogP contribution in [-0.2, 0) is 0 Å². The van der Waals surface area contributed by atoms with Crippen molar-refractivity contribution < 1.29 is 9.13 Å². The summed E-state index contributed by atoms with van der Waals surface area (Å²) in [4.78, 5) is 0. The molecule has 4 rings (SSSR count). The molecule has 2 aliphatic carbocycles. The van der Waals surface area contributed by atoms with E-state index in [-0.39, 0.29) is 5.82 Å². The van der Waals surface area contributed by atoms with Gasteiger partial charge < -0.3 is 4.74 Å². The fraction of sp³-hybridized carbons (Fsp3) is 0.636. The summed E-state index contributed by atoms with van der Waals surface area (Å²) in [6, 6.07) is 10.1. The van der Waals surface area contributed by atoms with Crippen LogP contribution >= 0.6 is 0 Å². The molecule has 1 nitrogen and oxygen atoms in total. The van der Waals surface area contributed by atoms with Crippen LogP contribution in [0.3, 0.4) is 0 Å². The highest BCUT2D eigenvalue weighted by Crippen LogP contribution is 2.41. The Morgan fingerprint density at radius 2 is 1.49 bits per heavy atom.